The summed E-state index contributed by atoms with van der Waals surface area (Å²) < 4.78 is 0. The highest BCUT2D eigenvalue weighted by Gasteiger charge is 2.52. The molecule has 5 rings (SSSR count). The van der Waals surface area contributed by atoms with Crippen LogP contribution in [0.2, 0.25) is 5.02 Å². The third-order valence-electron chi connectivity index (χ3n) is 6.77. The number of Topliss-reactive ketones (excluding diaryl/α,β-unsaturated/α-hetero) is 2. The minimum atomic E-state index is -1.25. The molecule has 0 saturated heterocycles. The SMILES string of the molecule is CN1C(=O)[C@H](C(c2cccc(Cl)c2)[C@@H]2C(=O)c3ccccc3N(C)C2=O)C(=O)c2ccccc21. The molecule has 2 amide bonds. The fourth-order valence-corrected chi connectivity index (χ4v) is 5.29. The van der Waals surface area contributed by atoms with Crippen LogP contribution in [0.15, 0.2) is 72.8 Å². The van der Waals surface area contributed by atoms with Crippen LogP contribution in [0.4, 0.5) is 11.4 Å². The number of carbonyl (C=O) groups excluding carboxylic acids is 4. The number of ketones is 2. The van der Waals surface area contributed by atoms with Gasteiger partial charge in [0.05, 0.1) is 11.4 Å². The fourth-order valence-electron chi connectivity index (χ4n) is 5.09. The highest BCUT2D eigenvalue weighted by Crippen LogP contribution is 2.45. The maximum atomic E-state index is 13.7. The second-order valence-electron chi connectivity index (χ2n) is 8.59. The van der Waals surface area contributed by atoms with Crippen molar-refractivity contribution >= 4 is 46.4 Å². The maximum Gasteiger partial charge on any atom is 0.238 e. The second-order valence-corrected chi connectivity index (χ2v) is 9.03. The third kappa shape index (κ3) is 3.25. The van der Waals surface area contributed by atoms with E-state index in [0.717, 1.165) is 0 Å². The minimum Gasteiger partial charge on any atom is -0.314 e. The maximum absolute atomic E-state index is 13.7. The van der Waals surface area contributed by atoms with E-state index in [1.54, 1.807) is 86.9 Å². The summed E-state index contributed by atoms with van der Waals surface area (Å²) in [6, 6.07) is 20.4. The van der Waals surface area contributed by atoms with Crippen molar-refractivity contribution in [1.82, 2.24) is 0 Å². The molecule has 2 atom stereocenters. The summed E-state index contributed by atoms with van der Waals surface area (Å²) in [5, 5.41) is 0.386. The summed E-state index contributed by atoms with van der Waals surface area (Å²) in [5.41, 5.74) is 2.26. The van der Waals surface area contributed by atoms with Crippen molar-refractivity contribution in [3.8, 4) is 0 Å². The number of anilines is 2. The number of halogens is 1. The van der Waals surface area contributed by atoms with Crippen LogP contribution >= 0.6 is 11.6 Å². The monoisotopic (exact) mass is 472 g/mol. The average molecular weight is 473 g/mol. The third-order valence-corrected chi connectivity index (χ3v) is 7.01. The molecule has 0 radical (unpaired) electrons. The van der Waals surface area contributed by atoms with E-state index in [1.807, 2.05) is 0 Å². The standard InChI is InChI=1S/C27H21ClN2O4/c1-29-19-12-5-3-10-17(19)24(31)22(26(29)33)21(15-8-7-9-16(28)14-15)23-25(32)18-11-4-6-13-20(18)30(2)27(23)34/h3-14,21-23H,1-2H3/t22-,23-/m1/s1. The number of amides is 2. The van der Waals surface area contributed by atoms with E-state index in [2.05, 4.69) is 0 Å². The summed E-state index contributed by atoms with van der Waals surface area (Å²) in [4.78, 5) is 57.6. The Bertz CT molecular complexity index is 1290. The van der Waals surface area contributed by atoms with Crippen LogP contribution in [0.1, 0.15) is 32.2 Å². The Morgan fingerprint density at radius 3 is 1.62 bits per heavy atom. The van der Waals surface area contributed by atoms with E-state index in [9.17, 15) is 19.2 Å². The van der Waals surface area contributed by atoms with Gasteiger partial charge in [0.15, 0.2) is 11.6 Å². The molecule has 6 nitrogen and oxygen atoms in total. The van der Waals surface area contributed by atoms with Gasteiger partial charge >= 0.3 is 0 Å². The summed E-state index contributed by atoms with van der Waals surface area (Å²) in [5.74, 6) is -5.28. The van der Waals surface area contributed by atoms with E-state index in [1.165, 1.54) is 9.80 Å². The van der Waals surface area contributed by atoms with Crippen molar-refractivity contribution in [2.75, 3.05) is 23.9 Å². The lowest BCUT2D eigenvalue weighted by Gasteiger charge is -2.40. The summed E-state index contributed by atoms with van der Waals surface area (Å²) in [7, 11) is 3.20. The van der Waals surface area contributed by atoms with Gasteiger partial charge in [-0.05, 0) is 42.0 Å². The Kier molecular flexibility index (Phi) is 5.33. The molecular weight excluding hydrogens is 452 g/mol. The van der Waals surface area contributed by atoms with Gasteiger partial charge < -0.3 is 9.80 Å². The molecule has 2 aliphatic heterocycles. The van der Waals surface area contributed by atoms with Crippen molar-refractivity contribution < 1.29 is 19.2 Å². The van der Waals surface area contributed by atoms with E-state index >= 15 is 0 Å². The van der Waals surface area contributed by atoms with Crippen molar-refractivity contribution in [3.63, 3.8) is 0 Å². The highest BCUT2D eigenvalue weighted by molar-refractivity contribution is 6.30. The van der Waals surface area contributed by atoms with Gasteiger partial charge in [0.25, 0.3) is 0 Å². The van der Waals surface area contributed by atoms with Crippen LogP contribution in [-0.2, 0) is 9.59 Å². The lowest BCUT2D eigenvalue weighted by atomic mass is 9.68. The zero-order valence-corrected chi connectivity index (χ0v) is 19.3. The van der Waals surface area contributed by atoms with Crippen LogP contribution in [0.3, 0.4) is 0 Å². The predicted molar refractivity (Wildman–Crippen MR) is 130 cm³/mol. The molecule has 0 aromatic heterocycles. The van der Waals surface area contributed by atoms with Gasteiger partial charge in [-0.15, -0.1) is 0 Å². The van der Waals surface area contributed by atoms with Gasteiger partial charge in [0, 0.05) is 36.2 Å². The molecule has 0 spiro atoms. The van der Waals surface area contributed by atoms with Crippen molar-refractivity contribution in [3.05, 3.63) is 94.5 Å². The zero-order chi connectivity index (χ0) is 24.1. The molecule has 0 bridgehead atoms. The average Bonchev–Trinajstić information content (AvgIpc) is 2.85. The summed E-state index contributed by atoms with van der Waals surface area (Å²) >= 11 is 6.27. The van der Waals surface area contributed by atoms with Gasteiger partial charge in [0.1, 0.15) is 11.8 Å². The van der Waals surface area contributed by atoms with Crippen LogP contribution < -0.4 is 9.80 Å². The van der Waals surface area contributed by atoms with Gasteiger partial charge in [-0.2, -0.15) is 0 Å². The van der Waals surface area contributed by atoms with E-state index < -0.39 is 41.1 Å². The van der Waals surface area contributed by atoms with Crippen molar-refractivity contribution in [2.24, 2.45) is 11.8 Å². The number of para-hydroxylation sites is 2. The first-order valence-corrected chi connectivity index (χ1v) is 11.3. The van der Waals surface area contributed by atoms with Crippen LogP contribution in [0.5, 0.6) is 0 Å². The van der Waals surface area contributed by atoms with Gasteiger partial charge in [0.2, 0.25) is 11.8 Å². The number of hydrogen-bond acceptors (Lipinski definition) is 4. The normalized spacial score (nSPS) is 20.0. The van der Waals surface area contributed by atoms with Crippen molar-refractivity contribution in [2.45, 2.75) is 5.92 Å². The number of benzene rings is 3. The first-order valence-electron chi connectivity index (χ1n) is 10.9. The molecule has 3 aromatic carbocycles. The van der Waals surface area contributed by atoms with Gasteiger partial charge in [-0.1, -0.05) is 48.0 Å². The summed E-state index contributed by atoms with van der Waals surface area (Å²) in [6.07, 6.45) is 0. The molecule has 2 aliphatic rings. The lowest BCUT2D eigenvalue weighted by molar-refractivity contribution is -0.124. The largest absolute Gasteiger partial charge is 0.314 e. The molecule has 170 valence electrons. The van der Waals surface area contributed by atoms with E-state index in [4.69, 9.17) is 11.6 Å². The fraction of sp³-hybridized carbons (Fsp3) is 0.185. The second kappa shape index (κ2) is 8.22. The highest BCUT2D eigenvalue weighted by atomic mass is 35.5. The molecular formula is C27H21ClN2O4. The number of nitrogens with zero attached hydrogens (tertiary/aromatic N) is 2. The Hall–Kier alpha value is -3.77. The first-order chi connectivity index (χ1) is 16.3. The molecule has 0 N–H and O–H groups in total. The molecule has 0 aliphatic carbocycles. The Balaban J connectivity index is 1.72. The molecule has 3 aromatic rings. The molecule has 34 heavy (non-hydrogen) atoms. The minimum absolute atomic E-state index is 0.381. The van der Waals surface area contributed by atoms with E-state index in [0.29, 0.717) is 33.1 Å². The predicted octanol–water partition coefficient (Wildman–Crippen LogP) is 4.37. The number of fused-ring (bicyclic) bond motifs is 2. The van der Waals surface area contributed by atoms with Gasteiger partial charge in [-0.25, -0.2) is 0 Å². The molecule has 0 saturated carbocycles. The number of hydrogen-bond donors (Lipinski definition) is 0. The first kappa shape index (κ1) is 22.0. The summed E-state index contributed by atoms with van der Waals surface area (Å²) in [6.45, 7) is 0. The smallest absolute Gasteiger partial charge is 0.238 e. The molecule has 0 fully saturated rings. The van der Waals surface area contributed by atoms with Crippen molar-refractivity contribution in [1.29, 1.82) is 0 Å². The lowest BCUT2D eigenvalue weighted by Crippen LogP contribution is -2.52. The zero-order valence-electron chi connectivity index (χ0n) is 18.6. The Morgan fingerprint density at radius 2 is 1.15 bits per heavy atom. The molecule has 0 unspecified atom stereocenters. The quantitative estimate of drug-likeness (QED) is 0.530. The van der Waals surface area contributed by atoms with Crippen LogP contribution in [0, 0.1) is 11.8 Å². The molecule has 2 heterocycles. The van der Waals surface area contributed by atoms with Crippen LogP contribution in [0.25, 0.3) is 0 Å². The van der Waals surface area contributed by atoms with Gasteiger partial charge in [-0.3, -0.25) is 19.2 Å². The topological polar surface area (TPSA) is 74.8 Å². The van der Waals surface area contributed by atoms with E-state index in [-0.39, 0.29) is 0 Å². The Labute approximate surface area is 201 Å². The molecule has 7 heteroatoms. The Morgan fingerprint density at radius 1 is 0.676 bits per heavy atom. The number of rotatable bonds is 3. The van der Waals surface area contributed by atoms with Crippen LogP contribution in [-0.4, -0.2) is 37.5 Å². The number of carbonyl (C=O) groups is 4.